The van der Waals surface area contributed by atoms with Crippen molar-refractivity contribution in [3.63, 3.8) is 0 Å². The molecule has 0 aliphatic rings. The molecule has 2 aromatic carbocycles. The molecule has 140 valence electrons. The summed E-state index contributed by atoms with van der Waals surface area (Å²) in [6, 6.07) is 11.9. The van der Waals surface area contributed by atoms with E-state index < -0.39 is 0 Å². The van der Waals surface area contributed by atoms with Gasteiger partial charge in [0.25, 0.3) is 0 Å². The molecular formula is C19H16Cl2N2O3S. The maximum atomic E-state index is 12.4. The highest BCUT2D eigenvalue weighted by molar-refractivity contribution is 7.07. The topological polar surface area (TPSA) is 60.3 Å². The molecule has 3 aromatic rings. The molecule has 0 aliphatic carbocycles. The maximum Gasteiger partial charge on any atom is 0.307 e. The number of nitrogens with one attached hydrogen (secondary N) is 1. The molecule has 5 nitrogen and oxygen atoms in total. The van der Waals surface area contributed by atoms with Crippen LogP contribution < -0.4 is 14.9 Å². The van der Waals surface area contributed by atoms with Crippen LogP contribution in [-0.2, 0) is 11.3 Å². The molecule has 0 aliphatic heterocycles. The van der Waals surface area contributed by atoms with Crippen LogP contribution in [0, 0.1) is 6.92 Å². The Labute approximate surface area is 170 Å². The highest BCUT2D eigenvalue weighted by atomic mass is 35.5. The number of amides is 1. The first-order valence-corrected chi connectivity index (χ1v) is 9.73. The summed E-state index contributed by atoms with van der Waals surface area (Å²) in [6.07, 6.45) is 0.157. The fraction of sp³-hybridized carbons (Fsp3) is 0.158. The van der Waals surface area contributed by atoms with Crippen molar-refractivity contribution in [2.24, 2.45) is 0 Å². The smallest absolute Gasteiger partial charge is 0.307 e. The Kier molecular flexibility index (Phi) is 6.21. The lowest BCUT2D eigenvalue weighted by Crippen LogP contribution is -2.20. The fourth-order valence-electron chi connectivity index (χ4n) is 2.42. The van der Waals surface area contributed by atoms with E-state index in [0.717, 1.165) is 17.0 Å². The van der Waals surface area contributed by atoms with Gasteiger partial charge in [0, 0.05) is 34.1 Å². The van der Waals surface area contributed by atoms with Gasteiger partial charge >= 0.3 is 4.87 Å². The van der Waals surface area contributed by atoms with Gasteiger partial charge in [0.05, 0.1) is 5.69 Å². The first kappa shape index (κ1) is 19.5. The van der Waals surface area contributed by atoms with E-state index in [-0.39, 0.29) is 17.2 Å². The van der Waals surface area contributed by atoms with Crippen molar-refractivity contribution < 1.29 is 9.53 Å². The van der Waals surface area contributed by atoms with E-state index in [9.17, 15) is 9.59 Å². The van der Waals surface area contributed by atoms with Crippen molar-refractivity contribution in [3.8, 4) is 11.5 Å². The first-order valence-electron chi connectivity index (χ1n) is 8.10. The van der Waals surface area contributed by atoms with E-state index >= 15 is 0 Å². The Balaban J connectivity index is 1.71. The number of hydrogen-bond donors (Lipinski definition) is 1. The van der Waals surface area contributed by atoms with Gasteiger partial charge in [-0.25, -0.2) is 0 Å². The van der Waals surface area contributed by atoms with Crippen LogP contribution in [0.2, 0.25) is 10.0 Å². The van der Waals surface area contributed by atoms with Gasteiger partial charge in [-0.2, -0.15) is 0 Å². The Morgan fingerprint density at radius 3 is 2.52 bits per heavy atom. The van der Waals surface area contributed by atoms with Crippen LogP contribution in [-0.4, -0.2) is 10.5 Å². The summed E-state index contributed by atoms with van der Waals surface area (Å²) >= 11 is 13.1. The highest BCUT2D eigenvalue weighted by Gasteiger charge is 2.11. The number of aryl methyl sites for hydroxylation is 1. The second-order valence-corrected chi connectivity index (χ2v) is 7.48. The van der Waals surface area contributed by atoms with E-state index in [1.807, 2.05) is 6.92 Å². The molecule has 0 spiro atoms. The molecule has 0 fully saturated rings. The number of thiazole rings is 1. The normalized spacial score (nSPS) is 10.6. The molecule has 1 N–H and O–H groups in total. The first-order chi connectivity index (χ1) is 12.9. The van der Waals surface area contributed by atoms with Crippen LogP contribution in [0.25, 0.3) is 0 Å². The van der Waals surface area contributed by atoms with Gasteiger partial charge in [-0.1, -0.05) is 34.5 Å². The number of hydrogen-bond acceptors (Lipinski definition) is 4. The average molecular weight is 423 g/mol. The molecule has 27 heavy (non-hydrogen) atoms. The quantitative estimate of drug-likeness (QED) is 0.582. The molecule has 0 radical (unpaired) electrons. The van der Waals surface area contributed by atoms with Crippen molar-refractivity contribution in [1.82, 2.24) is 4.57 Å². The van der Waals surface area contributed by atoms with Crippen LogP contribution in [0.4, 0.5) is 5.69 Å². The van der Waals surface area contributed by atoms with Crippen LogP contribution in [0.1, 0.15) is 12.1 Å². The molecule has 3 rings (SSSR count). The number of benzene rings is 2. The number of carbonyl (C=O) groups excluding carboxylic acids is 1. The minimum atomic E-state index is -0.240. The third-order valence-electron chi connectivity index (χ3n) is 3.80. The van der Waals surface area contributed by atoms with Crippen molar-refractivity contribution >= 4 is 46.1 Å². The monoisotopic (exact) mass is 422 g/mol. The molecule has 0 unspecified atom stereocenters. The minimum absolute atomic E-state index is 0.0742. The Bertz CT molecular complexity index is 1010. The standard InChI is InChI=1S/C19H16Cl2N2O3S/c1-12-11-27-19(25)23(12)9-8-18(24)22-16-10-14(21)4-7-17(16)26-15-5-2-13(20)3-6-15/h2-7,10-11H,8-9H2,1H3,(H,22,24). The van der Waals surface area contributed by atoms with E-state index in [4.69, 9.17) is 27.9 Å². The number of ether oxygens (including phenoxy) is 1. The van der Waals surface area contributed by atoms with Crippen molar-refractivity contribution in [3.05, 3.63) is 73.3 Å². The number of carbonyl (C=O) groups is 1. The van der Waals surface area contributed by atoms with Crippen molar-refractivity contribution in [2.45, 2.75) is 19.9 Å². The lowest BCUT2D eigenvalue weighted by atomic mass is 10.2. The maximum absolute atomic E-state index is 12.4. The van der Waals surface area contributed by atoms with E-state index in [1.54, 1.807) is 52.4 Å². The summed E-state index contributed by atoms with van der Waals surface area (Å²) in [5, 5.41) is 5.64. The second-order valence-electron chi connectivity index (χ2n) is 5.79. The molecule has 1 heterocycles. The molecule has 8 heteroatoms. The summed E-state index contributed by atoms with van der Waals surface area (Å²) in [5.74, 6) is 0.798. The summed E-state index contributed by atoms with van der Waals surface area (Å²) < 4.78 is 7.40. The summed E-state index contributed by atoms with van der Waals surface area (Å²) in [4.78, 5) is 24.0. The molecule has 0 atom stereocenters. The zero-order valence-electron chi connectivity index (χ0n) is 14.4. The number of anilines is 1. The van der Waals surface area contributed by atoms with Crippen molar-refractivity contribution in [1.29, 1.82) is 0 Å². The number of halogens is 2. The molecule has 1 aromatic heterocycles. The average Bonchev–Trinajstić information content (AvgIpc) is 2.95. The molecule has 0 saturated heterocycles. The third kappa shape index (κ3) is 5.13. The predicted octanol–water partition coefficient (Wildman–Crippen LogP) is 5.35. The van der Waals surface area contributed by atoms with Crippen LogP contribution in [0.15, 0.2) is 52.6 Å². The fourth-order valence-corrected chi connectivity index (χ4v) is 3.48. The van der Waals surface area contributed by atoms with Gasteiger partial charge in [0.15, 0.2) is 5.75 Å². The third-order valence-corrected chi connectivity index (χ3v) is 5.16. The molecular weight excluding hydrogens is 407 g/mol. The predicted molar refractivity (Wildman–Crippen MR) is 110 cm³/mol. The van der Waals surface area contributed by atoms with E-state index in [2.05, 4.69) is 5.32 Å². The second kappa shape index (κ2) is 8.61. The number of aromatic nitrogens is 1. The van der Waals surface area contributed by atoms with Crippen LogP contribution in [0.5, 0.6) is 11.5 Å². The largest absolute Gasteiger partial charge is 0.455 e. The Morgan fingerprint density at radius 2 is 1.85 bits per heavy atom. The van der Waals surface area contributed by atoms with Gasteiger partial charge in [0.1, 0.15) is 5.75 Å². The van der Waals surface area contributed by atoms with Gasteiger partial charge in [0.2, 0.25) is 5.91 Å². The number of nitrogens with zero attached hydrogens (tertiary/aromatic N) is 1. The van der Waals surface area contributed by atoms with Crippen molar-refractivity contribution in [2.75, 3.05) is 5.32 Å². The number of rotatable bonds is 6. The van der Waals surface area contributed by atoms with Crippen LogP contribution in [0.3, 0.4) is 0 Å². The Morgan fingerprint density at radius 1 is 1.15 bits per heavy atom. The Hall–Kier alpha value is -2.28. The van der Waals surface area contributed by atoms with Gasteiger partial charge in [-0.15, -0.1) is 0 Å². The lowest BCUT2D eigenvalue weighted by Gasteiger charge is -2.13. The van der Waals surface area contributed by atoms with E-state index in [1.165, 1.54) is 0 Å². The van der Waals surface area contributed by atoms with Gasteiger partial charge < -0.3 is 14.6 Å². The molecule has 1 amide bonds. The van der Waals surface area contributed by atoms with Crippen LogP contribution >= 0.6 is 34.5 Å². The van der Waals surface area contributed by atoms with Gasteiger partial charge in [-0.3, -0.25) is 9.59 Å². The highest BCUT2D eigenvalue weighted by Crippen LogP contribution is 2.32. The lowest BCUT2D eigenvalue weighted by molar-refractivity contribution is -0.116. The minimum Gasteiger partial charge on any atom is -0.455 e. The summed E-state index contributed by atoms with van der Waals surface area (Å²) in [6.45, 7) is 2.15. The SMILES string of the molecule is Cc1csc(=O)n1CCC(=O)Nc1cc(Cl)ccc1Oc1ccc(Cl)cc1. The van der Waals surface area contributed by atoms with E-state index in [0.29, 0.717) is 33.8 Å². The zero-order valence-corrected chi connectivity index (χ0v) is 16.7. The molecule has 0 bridgehead atoms. The zero-order chi connectivity index (χ0) is 19.4. The summed E-state index contributed by atoms with van der Waals surface area (Å²) in [5.41, 5.74) is 1.30. The summed E-state index contributed by atoms with van der Waals surface area (Å²) in [7, 11) is 0. The molecule has 0 saturated carbocycles. The van der Waals surface area contributed by atoms with Gasteiger partial charge in [-0.05, 0) is 49.4 Å².